The first-order valence-electron chi connectivity index (χ1n) is 4.60. The molecule has 1 fully saturated rings. The molecule has 5 heteroatoms. The minimum atomic E-state index is -1.12. The Morgan fingerprint density at radius 2 is 2.36 bits per heavy atom. The van der Waals surface area contributed by atoms with Crippen LogP contribution in [0, 0.1) is 5.41 Å². The first-order valence-corrected chi connectivity index (χ1v) is 4.60. The lowest BCUT2D eigenvalue weighted by Gasteiger charge is -2.20. The summed E-state index contributed by atoms with van der Waals surface area (Å²) in [5.74, 6) is -1.62. The fourth-order valence-corrected chi connectivity index (χ4v) is 1.76. The SMILES string of the molecule is CCC1(CCO)CC(C(=O)O)OC1=O. The summed E-state index contributed by atoms with van der Waals surface area (Å²) in [7, 11) is 0. The number of aliphatic hydroxyl groups is 1. The van der Waals surface area contributed by atoms with Gasteiger partial charge < -0.3 is 14.9 Å². The Bertz CT molecular complexity index is 250. The van der Waals surface area contributed by atoms with Gasteiger partial charge in [0, 0.05) is 13.0 Å². The van der Waals surface area contributed by atoms with Gasteiger partial charge in [-0.25, -0.2) is 4.79 Å². The fourth-order valence-electron chi connectivity index (χ4n) is 1.76. The van der Waals surface area contributed by atoms with Crippen molar-refractivity contribution in [3.05, 3.63) is 0 Å². The van der Waals surface area contributed by atoms with Crippen LogP contribution in [-0.2, 0) is 14.3 Å². The molecular formula is C9H14O5. The Hall–Kier alpha value is -1.10. The molecule has 0 radical (unpaired) electrons. The number of cyclic esters (lactones) is 1. The number of ether oxygens (including phenoxy) is 1. The van der Waals surface area contributed by atoms with Crippen molar-refractivity contribution in [1.29, 1.82) is 0 Å². The van der Waals surface area contributed by atoms with E-state index in [2.05, 4.69) is 0 Å². The van der Waals surface area contributed by atoms with Gasteiger partial charge in [-0.3, -0.25) is 4.79 Å². The highest BCUT2D eigenvalue weighted by Gasteiger charge is 2.49. The molecule has 0 bridgehead atoms. The van der Waals surface area contributed by atoms with Gasteiger partial charge in [0.25, 0.3) is 0 Å². The van der Waals surface area contributed by atoms with Crippen LogP contribution < -0.4 is 0 Å². The molecule has 1 heterocycles. The molecule has 0 aromatic carbocycles. The van der Waals surface area contributed by atoms with E-state index in [4.69, 9.17) is 14.9 Å². The molecular weight excluding hydrogens is 188 g/mol. The van der Waals surface area contributed by atoms with Crippen molar-refractivity contribution in [2.75, 3.05) is 6.61 Å². The highest BCUT2D eigenvalue weighted by atomic mass is 16.6. The lowest BCUT2D eigenvalue weighted by Crippen LogP contribution is -2.27. The van der Waals surface area contributed by atoms with Gasteiger partial charge in [0.2, 0.25) is 0 Å². The van der Waals surface area contributed by atoms with E-state index < -0.39 is 23.5 Å². The zero-order valence-electron chi connectivity index (χ0n) is 8.02. The number of hydrogen-bond donors (Lipinski definition) is 2. The quantitative estimate of drug-likeness (QED) is 0.634. The van der Waals surface area contributed by atoms with Gasteiger partial charge in [0.05, 0.1) is 5.41 Å². The van der Waals surface area contributed by atoms with Gasteiger partial charge in [-0.2, -0.15) is 0 Å². The smallest absolute Gasteiger partial charge is 0.345 e. The molecule has 0 saturated carbocycles. The average Bonchev–Trinajstić information content (AvgIpc) is 2.45. The zero-order chi connectivity index (χ0) is 10.8. The molecule has 1 aliphatic rings. The van der Waals surface area contributed by atoms with Gasteiger partial charge in [-0.05, 0) is 12.8 Å². The van der Waals surface area contributed by atoms with Crippen LogP contribution in [0.1, 0.15) is 26.2 Å². The Balaban J connectivity index is 2.79. The molecule has 14 heavy (non-hydrogen) atoms. The van der Waals surface area contributed by atoms with E-state index in [9.17, 15) is 9.59 Å². The zero-order valence-corrected chi connectivity index (χ0v) is 8.02. The Morgan fingerprint density at radius 3 is 2.71 bits per heavy atom. The van der Waals surface area contributed by atoms with E-state index in [0.29, 0.717) is 6.42 Å². The number of carboxylic acids is 1. The van der Waals surface area contributed by atoms with E-state index in [1.165, 1.54) is 0 Å². The van der Waals surface area contributed by atoms with Crippen molar-refractivity contribution in [2.45, 2.75) is 32.3 Å². The van der Waals surface area contributed by atoms with Crippen LogP contribution in [0.3, 0.4) is 0 Å². The third-order valence-electron chi connectivity index (χ3n) is 2.80. The summed E-state index contributed by atoms with van der Waals surface area (Å²) in [6, 6.07) is 0. The largest absolute Gasteiger partial charge is 0.479 e. The molecule has 0 spiro atoms. The molecule has 2 unspecified atom stereocenters. The van der Waals surface area contributed by atoms with E-state index >= 15 is 0 Å². The van der Waals surface area contributed by atoms with Crippen LogP contribution in [0.2, 0.25) is 0 Å². The van der Waals surface area contributed by atoms with Crippen molar-refractivity contribution in [1.82, 2.24) is 0 Å². The molecule has 1 aliphatic heterocycles. The summed E-state index contributed by atoms with van der Waals surface area (Å²) in [6.07, 6.45) is -0.116. The second-order valence-corrected chi connectivity index (χ2v) is 3.54. The van der Waals surface area contributed by atoms with E-state index in [1.54, 1.807) is 6.92 Å². The Kier molecular flexibility index (Phi) is 3.10. The van der Waals surface area contributed by atoms with E-state index in [1.807, 2.05) is 0 Å². The maximum absolute atomic E-state index is 11.4. The molecule has 5 nitrogen and oxygen atoms in total. The normalized spacial score (nSPS) is 31.6. The predicted octanol–water partition coefficient (Wildman–Crippen LogP) is 0.165. The summed E-state index contributed by atoms with van der Waals surface area (Å²) < 4.78 is 4.73. The fraction of sp³-hybridized carbons (Fsp3) is 0.778. The Morgan fingerprint density at radius 1 is 1.71 bits per heavy atom. The molecule has 0 aromatic heterocycles. The van der Waals surface area contributed by atoms with E-state index in [-0.39, 0.29) is 19.4 Å². The number of rotatable bonds is 4. The first-order chi connectivity index (χ1) is 6.55. The standard InChI is InChI=1S/C9H14O5/c1-2-9(3-4-10)5-6(7(11)12)14-8(9)13/h6,10H,2-5H2,1H3,(H,11,12). The molecule has 80 valence electrons. The minimum absolute atomic E-state index is 0.130. The monoisotopic (exact) mass is 202 g/mol. The summed E-state index contributed by atoms with van der Waals surface area (Å²) >= 11 is 0. The number of carbonyl (C=O) groups is 2. The average molecular weight is 202 g/mol. The van der Waals surface area contributed by atoms with Crippen LogP contribution >= 0.6 is 0 Å². The second kappa shape index (κ2) is 3.96. The third-order valence-corrected chi connectivity index (χ3v) is 2.80. The van der Waals surface area contributed by atoms with E-state index in [0.717, 1.165) is 0 Å². The summed E-state index contributed by atoms with van der Waals surface area (Å²) in [5, 5.41) is 17.5. The van der Waals surface area contributed by atoms with Crippen LogP contribution in [0.15, 0.2) is 0 Å². The summed E-state index contributed by atoms with van der Waals surface area (Å²) in [6.45, 7) is 1.66. The molecule has 0 aromatic rings. The first kappa shape index (κ1) is 11.0. The van der Waals surface area contributed by atoms with Crippen molar-refractivity contribution in [2.24, 2.45) is 5.41 Å². The van der Waals surface area contributed by atoms with Crippen LogP contribution in [-0.4, -0.2) is 34.9 Å². The van der Waals surface area contributed by atoms with Gasteiger partial charge in [-0.15, -0.1) is 0 Å². The number of esters is 1. The van der Waals surface area contributed by atoms with Gasteiger partial charge in [-0.1, -0.05) is 6.92 Å². The number of carbonyl (C=O) groups excluding carboxylic acids is 1. The molecule has 0 amide bonds. The maximum Gasteiger partial charge on any atom is 0.345 e. The van der Waals surface area contributed by atoms with Crippen LogP contribution in [0.5, 0.6) is 0 Å². The van der Waals surface area contributed by atoms with Crippen molar-refractivity contribution >= 4 is 11.9 Å². The summed E-state index contributed by atoms with van der Waals surface area (Å²) in [4.78, 5) is 22.1. The lowest BCUT2D eigenvalue weighted by molar-refractivity contribution is -0.159. The van der Waals surface area contributed by atoms with Crippen LogP contribution in [0.25, 0.3) is 0 Å². The van der Waals surface area contributed by atoms with Gasteiger partial charge in [0.1, 0.15) is 0 Å². The number of aliphatic hydroxyl groups excluding tert-OH is 1. The third kappa shape index (κ3) is 1.72. The van der Waals surface area contributed by atoms with Gasteiger partial charge in [0.15, 0.2) is 6.10 Å². The van der Waals surface area contributed by atoms with Gasteiger partial charge >= 0.3 is 11.9 Å². The highest BCUT2D eigenvalue weighted by Crippen LogP contribution is 2.40. The molecule has 1 rings (SSSR count). The molecule has 1 saturated heterocycles. The number of aliphatic carboxylic acids is 1. The number of carboxylic acid groups (broad SMARTS) is 1. The van der Waals surface area contributed by atoms with Crippen LogP contribution in [0.4, 0.5) is 0 Å². The highest BCUT2D eigenvalue weighted by molar-refractivity contribution is 5.85. The predicted molar refractivity (Wildman–Crippen MR) is 46.6 cm³/mol. The second-order valence-electron chi connectivity index (χ2n) is 3.54. The van der Waals surface area contributed by atoms with Crippen molar-refractivity contribution in [3.63, 3.8) is 0 Å². The molecule has 0 aliphatic carbocycles. The molecule has 2 atom stereocenters. The summed E-state index contributed by atoms with van der Waals surface area (Å²) in [5.41, 5.74) is -0.794. The topological polar surface area (TPSA) is 83.8 Å². The maximum atomic E-state index is 11.4. The van der Waals surface area contributed by atoms with Crippen molar-refractivity contribution in [3.8, 4) is 0 Å². The number of hydrogen-bond acceptors (Lipinski definition) is 4. The minimum Gasteiger partial charge on any atom is -0.479 e. The Labute approximate surface area is 81.7 Å². The lowest BCUT2D eigenvalue weighted by atomic mass is 9.79. The van der Waals surface area contributed by atoms with Crippen molar-refractivity contribution < 1.29 is 24.5 Å². The molecule has 2 N–H and O–H groups in total.